The minimum Gasteiger partial charge on any atom is -0.364 e. The molecule has 2 aromatic heterocycles. The second-order valence-corrected chi connectivity index (χ2v) is 8.35. The van der Waals surface area contributed by atoms with Crippen LogP contribution < -0.4 is 10.2 Å². The van der Waals surface area contributed by atoms with Crippen molar-refractivity contribution in [3.05, 3.63) is 65.2 Å². The first-order valence-electron chi connectivity index (χ1n) is 9.83. The van der Waals surface area contributed by atoms with E-state index in [1.165, 1.54) is 21.8 Å². The number of pyridine rings is 1. The van der Waals surface area contributed by atoms with Crippen LogP contribution in [0.5, 0.6) is 0 Å². The van der Waals surface area contributed by atoms with Crippen LogP contribution >= 0.6 is 11.3 Å². The Bertz CT molecular complexity index is 948. The summed E-state index contributed by atoms with van der Waals surface area (Å²) < 4.78 is 5.81. The number of aromatic nitrogens is 2. The molecule has 29 heavy (non-hydrogen) atoms. The Morgan fingerprint density at radius 3 is 2.59 bits per heavy atom. The van der Waals surface area contributed by atoms with E-state index in [-0.39, 0.29) is 18.1 Å². The molecule has 1 fully saturated rings. The second kappa shape index (κ2) is 8.82. The van der Waals surface area contributed by atoms with E-state index >= 15 is 0 Å². The summed E-state index contributed by atoms with van der Waals surface area (Å²) in [5, 5.41) is 5.35. The number of nitrogens with one attached hydrogen (secondary N) is 2. The van der Waals surface area contributed by atoms with Gasteiger partial charge in [-0.25, -0.2) is 4.98 Å². The number of hydrogen-bond acceptors (Lipinski definition) is 5. The first-order valence-corrected chi connectivity index (χ1v) is 10.7. The molecular formula is C22H25N4O2S+. The fraction of sp³-hybridized carbons (Fsp3) is 0.318. The second-order valence-electron chi connectivity index (χ2n) is 7.50. The molecule has 2 unspecified atom stereocenters. The summed E-state index contributed by atoms with van der Waals surface area (Å²) >= 11 is 1.40. The molecule has 0 radical (unpaired) electrons. The largest absolute Gasteiger partial charge is 0.364 e. The van der Waals surface area contributed by atoms with E-state index in [1.54, 1.807) is 6.20 Å². The Hall–Kier alpha value is -2.61. The van der Waals surface area contributed by atoms with Gasteiger partial charge >= 0.3 is 0 Å². The Morgan fingerprint density at radius 2 is 1.90 bits per heavy atom. The fourth-order valence-corrected chi connectivity index (χ4v) is 4.43. The zero-order valence-electron chi connectivity index (χ0n) is 16.6. The zero-order chi connectivity index (χ0) is 20.2. The third-order valence-corrected chi connectivity index (χ3v) is 5.70. The van der Waals surface area contributed by atoms with Gasteiger partial charge in [0.25, 0.3) is 5.91 Å². The molecule has 1 aromatic carbocycles. The van der Waals surface area contributed by atoms with Gasteiger partial charge in [-0.05, 0) is 38.1 Å². The van der Waals surface area contributed by atoms with Crippen LogP contribution in [0.25, 0.3) is 11.4 Å². The van der Waals surface area contributed by atoms with Gasteiger partial charge in [0, 0.05) is 22.7 Å². The molecule has 2 atom stereocenters. The Labute approximate surface area is 174 Å². The smallest absolute Gasteiger partial charge is 0.257 e. The molecule has 1 aliphatic heterocycles. The number of carbonyl (C=O) groups is 1. The minimum absolute atomic E-state index is 0.153. The van der Waals surface area contributed by atoms with Gasteiger partial charge in [-0.1, -0.05) is 18.2 Å². The van der Waals surface area contributed by atoms with E-state index in [1.807, 2.05) is 47.8 Å². The summed E-state index contributed by atoms with van der Waals surface area (Å²) in [6, 6.07) is 13.5. The highest BCUT2D eigenvalue weighted by Crippen LogP contribution is 2.23. The van der Waals surface area contributed by atoms with Crippen molar-refractivity contribution in [2.75, 3.05) is 18.4 Å². The van der Waals surface area contributed by atoms with Crippen LogP contribution in [0.15, 0.2) is 54.0 Å². The number of morpholine rings is 1. The van der Waals surface area contributed by atoms with Gasteiger partial charge in [0.2, 0.25) is 0 Å². The first-order chi connectivity index (χ1) is 14.1. The maximum absolute atomic E-state index is 12.6. The number of anilines is 1. The molecule has 0 spiro atoms. The summed E-state index contributed by atoms with van der Waals surface area (Å²) in [5.41, 5.74) is 3.41. The van der Waals surface area contributed by atoms with Gasteiger partial charge in [-0.15, -0.1) is 11.3 Å². The van der Waals surface area contributed by atoms with Gasteiger partial charge in [-0.3, -0.25) is 15.1 Å². The molecule has 1 amide bonds. The van der Waals surface area contributed by atoms with Gasteiger partial charge in [-0.2, -0.15) is 0 Å². The molecule has 3 aromatic rings. The SMILES string of the molecule is CC1C[NH+](Cc2ccc(C(=O)Nc3nc(-c4ccccn4)cs3)cc2)CC(C)O1. The quantitative estimate of drug-likeness (QED) is 0.680. The predicted molar refractivity (Wildman–Crippen MR) is 114 cm³/mol. The fourth-order valence-electron chi connectivity index (χ4n) is 3.73. The lowest BCUT2D eigenvalue weighted by molar-refractivity contribution is -0.928. The average molecular weight is 410 g/mol. The molecule has 0 saturated carbocycles. The van der Waals surface area contributed by atoms with Gasteiger partial charge in [0.15, 0.2) is 5.13 Å². The van der Waals surface area contributed by atoms with E-state index < -0.39 is 0 Å². The Kier molecular flexibility index (Phi) is 5.99. The van der Waals surface area contributed by atoms with Crippen molar-refractivity contribution in [1.29, 1.82) is 0 Å². The molecule has 1 saturated heterocycles. The number of hydrogen-bond donors (Lipinski definition) is 2. The molecular weight excluding hydrogens is 384 g/mol. The van der Waals surface area contributed by atoms with E-state index in [9.17, 15) is 4.79 Å². The van der Waals surface area contributed by atoms with Crippen molar-refractivity contribution < 1.29 is 14.4 Å². The highest BCUT2D eigenvalue weighted by molar-refractivity contribution is 7.14. The maximum atomic E-state index is 12.6. The molecule has 150 valence electrons. The van der Waals surface area contributed by atoms with E-state index in [4.69, 9.17) is 4.74 Å². The van der Waals surface area contributed by atoms with Crippen LogP contribution in [0.3, 0.4) is 0 Å². The van der Waals surface area contributed by atoms with Crippen molar-refractivity contribution >= 4 is 22.4 Å². The number of quaternary nitrogens is 1. The van der Waals surface area contributed by atoms with E-state index in [0.717, 1.165) is 31.0 Å². The lowest BCUT2D eigenvalue weighted by Gasteiger charge is -2.32. The summed E-state index contributed by atoms with van der Waals surface area (Å²) in [6.07, 6.45) is 2.30. The maximum Gasteiger partial charge on any atom is 0.257 e. The lowest BCUT2D eigenvalue weighted by Crippen LogP contribution is -3.14. The highest BCUT2D eigenvalue weighted by Gasteiger charge is 2.25. The van der Waals surface area contributed by atoms with Gasteiger partial charge in [0.1, 0.15) is 37.5 Å². The van der Waals surface area contributed by atoms with E-state index in [2.05, 4.69) is 29.1 Å². The molecule has 2 N–H and O–H groups in total. The highest BCUT2D eigenvalue weighted by atomic mass is 32.1. The monoisotopic (exact) mass is 409 g/mol. The molecule has 6 nitrogen and oxygen atoms in total. The molecule has 0 bridgehead atoms. The summed E-state index contributed by atoms with van der Waals surface area (Å²) in [7, 11) is 0. The number of thiazole rings is 1. The van der Waals surface area contributed by atoms with Crippen LogP contribution in [0, 0.1) is 0 Å². The Balaban J connectivity index is 1.36. The van der Waals surface area contributed by atoms with Crippen molar-refractivity contribution in [2.45, 2.75) is 32.6 Å². The summed E-state index contributed by atoms with van der Waals surface area (Å²) in [6.45, 7) is 7.21. The number of ether oxygens (including phenoxy) is 1. The zero-order valence-corrected chi connectivity index (χ0v) is 17.4. The van der Waals surface area contributed by atoms with Crippen molar-refractivity contribution in [3.63, 3.8) is 0 Å². The molecule has 4 rings (SSSR count). The number of nitrogens with zero attached hydrogens (tertiary/aromatic N) is 2. The van der Waals surface area contributed by atoms with Crippen LogP contribution in [0.1, 0.15) is 29.8 Å². The first kappa shape index (κ1) is 19.7. The van der Waals surface area contributed by atoms with Crippen LogP contribution in [-0.4, -0.2) is 41.2 Å². The summed E-state index contributed by atoms with van der Waals surface area (Å²) in [5.74, 6) is -0.153. The van der Waals surface area contributed by atoms with Crippen LogP contribution in [-0.2, 0) is 11.3 Å². The van der Waals surface area contributed by atoms with E-state index in [0.29, 0.717) is 10.7 Å². The van der Waals surface area contributed by atoms with Crippen molar-refractivity contribution in [1.82, 2.24) is 9.97 Å². The van der Waals surface area contributed by atoms with Crippen molar-refractivity contribution in [2.24, 2.45) is 0 Å². The molecule has 0 aliphatic carbocycles. The number of rotatable bonds is 5. The normalized spacial score (nSPS) is 21.7. The molecule has 7 heteroatoms. The lowest BCUT2D eigenvalue weighted by atomic mass is 10.1. The third-order valence-electron chi connectivity index (χ3n) is 4.94. The van der Waals surface area contributed by atoms with Crippen LogP contribution in [0.2, 0.25) is 0 Å². The molecule has 1 aliphatic rings. The minimum atomic E-state index is -0.153. The topological polar surface area (TPSA) is 68.5 Å². The van der Waals surface area contributed by atoms with Crippen molar-refractivity contribution in [3.8, 4) is 11.4 Å². The molecule has 3 heterocycles. The number of amides is 1. The van der Waals surface area contributed by atoms with Crippen LogP contribution in [0.4, 0.5) is 5.13 Å². The predicted octanol–water partition coefficient (Wildman–Crippen LogP) is 2.65. The third kappa shape index (κ3) is 5.06. The number of carbonyl (C=O) groups excluding carboxylic acids is 1. The number of benzene rings is 1. The van der Waals surface area contributed by atoms with Gasteiger partial charge < -0.3 is 9.64 Å². The standard InChI is InChI=1S/C22H24N4O2S/c1-15-11-26(12-16(2)28-15)13-17-6-8-18(9-7-17)21(27)25-22-24-20(14-29-22)19-5-3-4-10-23-19/h3-10,14-16H,11-13H2,1-2H3,(H,24,25,27)/p+1. The summed E-state index contributed by atoms with van der Waals surface area (Å²) in [4.78, 5) is 22.8. The van der Waals surface area contributed by atoms with Gasteiger partial charge in [0.05, 0.1) is 5.69 Å². The average Bonchev–Trinajstić information content (AvgIpc) is 3.17. The Morgan fingerprint density at radius 1 is 1.14 bits per heavy atom.